The van der Waals surface area contributed by atoms with Gasteiger partial charge < -0.3 is 9.72 Å². The van der Waals surface area contributed by atoms with Gasteiger partial charge in [-0.25, -0.2) is 9.78 Å². The zero-order valence-corrected chi connectivity index (χ0v) is 14.3. The van der Waals surface area contributed by atoms with Gasteiger partial charge in [-0.05, 0) is 43.9 Å². The van der Waals surface area contributed by atoms with E-state index in [4.69, 9.17) is 4.74 Å². The summed E-state index contributed by atoms with van der Waals surface area (Å²) in [4.78, 5) is 31.5. The van der Waals surface area contributed by atoms with Crippen molar-refractivity contribution in [2.24, 2.45) is 5.92 Å². The molecule has 126 valence electrons. The fourth-order valence-corrected chi connectivity index (χ4v) is 3.00. The number of nitrogens with zero attached hydrogens (tertiary/aromatic N) is 2. The summed E-state index contributed by atoms with van der Waals surface area (Å²) in [5, 5.41) is 0. The number of carbonyl (C=O) groups is 1. The van der Waals surface area contributed by atoms with Gasteiger partial charge in [0.1, 0.15) is 0 Å². The highest BCUT2D eigenvalue weighted by atomic mass is 16.5. The Labute approximate surface area is 139 Å². The fourth-order valence-electron chi connectivity index (χ4n) is 3.00. The Morgan fingerprint density at radius 2 is 2.12 bits per heavy atom. The van der Waals surface area contributed by atoms with Crippen molar-refractivity contribution >= 4 is 22.6 Å². The number of ether oxygens (including phenoxy) is 1. The maximum absolute atomic E-state index is 12.4. The summed E-state index contributed by atoms with van der Waals surface area (Å²) >= 11 is 0. The molecule has 6 nitrogen and oxygen atoms in total. The van der Waals surface area contributed by atoms with Gasteiger partial charge in [-0.1, -0.05) is 19.9 Å². The molecule has 0 aliphatic carbocycles. The first kappa shape index (κ1) is 16.2. The fraction of sp³-hybridized carbons (Fsp3) is 0.389. The molecule has 24 heavy (non-hydrogen) atoms. The van der Waals surface area contributed by atoms with E-state index in [2.05, 4.69) is 23.8 Å². The van der Waals surface area contributed by atoms with E-state index in [1.807, 2.05) is 18.2 Å². The van der Waals surface area contributed by atoms with Crippen LogP contribution < -0.4 is 5.56 Å². The molecule has 0 radical (unpaired) electrons. The van der Waals surface area contributed by atoms with Crippen LogP contribution in [0, 0.1) is 12.8 Å². The van der Waals surface area contributed by atoms with E-state index in [9.17, 15) is 9.59 Å². The zero-order chi connectivity index (χ0) is 17.4. The summed E-state index contributed by atoms with van der Waals surface area (Å²) < 4.78 is 6.75. The SMILES string of the molecule is CCOC(=O)c1nc2c(=O)[nH]c3cc(CC(C)C)ccc3n2c1C. The smallest absolute Gasteiger partial charge is 0.358 e. The number of fused-ring (bicyclic) bond motifs is 3. The van der Waals surface area contributed by atoms with Crippen molar-refractivity contribution in [1.29, 1.82) is 0 Å². The molecular formula is C18H21N3O3. The van der Waals surface area contributed by atoms with Crippen LogP contribution >= 0.6 is 0 Å². The number of imidazole rings is 1. The number of esters is 1. The highest BCUT2D eigenvalue weighted by Gasteiger charge is 2.20. The highest BCUT2D eigenvalue weighted by Crippen LogP contribution is 2.20. The monoisotopic (exact) mass is 327 g/mol. The lowest BCUT2D eigenvalue weighted by atomic mass is 10.0. The van der Waals surface area contributed by atoms with E-state index < -0.39 is 5.97 Å². The van der Waals surface area contributed by atoms with Gasteiger partial charge in [0.25, 0.3) is 5.56 Å². The minimum Gasteiger partial charge on any atom is -0.461 e. The molecule has 1 aromatic carbocycles. The molecule has 2 heterocycles. The van der Waals surface area contributed by atoms with Gasteiger partial charge >= 0.3 is 5.97 Å². The molecule has 0 saturated heterocycles. The van der Waals surface area contributed by atoms with E-state index in [0.29, 0.717) is 11.6 Å². The van der Waals surface area contributed by atoms with Crippen LogP contribution in [0.2, 0.25) is 0 Å². The Bertz CT molecular complexity index is 982. The minimum atomic E-state index is -0.511. The van der Waals surface area contributed by atoms with Crippen LogP contribution in [0.4, 0.5) is 0 Å². The third-order valence-corrected chi connectivity index (χ3v) is 3.97. The maximum atomic E-state index is 12.4. The van der Waals surface area contributed by atoms with Crippen LogP contribution in [0.15, 0.2) is 23.0 Å². The third kappa shape index (κ3) is 2.68. The van der Waals surface area contributed by atoms with Gasteiger partial charge in [-0.15, -0.1) is 0 Å². The summed E-state index contributed by atoms with van der Waals surface area (Å²) in [7, 11) is 0. The van der Waals surface area contributed by atoms with Crippen molar-refractivity contribution in [3.8, 4) is 0 Å². The Balaban J connectivity index is 2.26. The lowest BCUT2D eigenvalue weighted by molar-refractivity contribution is 0.0519. The van der Waals surface area contributed by atoms with Crippen molar-refractivity contribution in [2.45, 2.75) is 34.1 Å². The predicted octanol–water partition coefficient (Wildman–Crippen LogP) is 2.86. The second kappa shape index (κ2) is 6.11. The quantitative estimate of drug-likeness (QED) is 0.748. The second-order valence-electron chi connectivity index (χ2n) is 6.33. The Morgan fingerprint density at radius 3 is 2.79 bits per heavy atom. The highest BCUT2D eigenvalue weighted by molar-refractivity contribution is 5.91. The average molecular weight is 327 g/mol. The molecule has 0 aliphatic rings. The van der Waals surface area contributed by atoms with E-state index in [1.54, 1.807) is 18.2 Å². The van der Waals surface area contributed by atoms with Crippen LogP contribution in [0.3, 0.4) is 0 Å². The summed E-state index contributed by atoms with van der Waals surface area (Å²) in [5.41, 5.74) is 3.40. The molecule has 3 aromatic rings. The normalized spacial score (nSPS) is 11.5. The van der Waals surface area contributed by atoms with Crippen molar-refractivity contribution in [2.75, 3.05) is 6.61 Å². The van der Waals surface area contributed by atoms with E-state index in [-0.39, 0.29) is 23.5 Å². The predicted molar refractivity (Wildman–Crippen MR) is 92.6 cm³/mol. The van der Waals surface area contributed by atoms with Crippen LogP contribution in [0.5, 0.6) is 0 Å². The Morgan fingerprint density at radius 1 is 1.38 bits per heavy atom. The summed E-state index contributed by atoms with van der Waals surface area (Å²) in [6, 6.07) is 5.99. The largest absolute Gasteiger partial charge is 0.461 e. The Kier molecular flexibility index (Phi) is 4.13. The van der Waals surface area contributed by atoms with Gasteiger partial charge in [-0.2, -0.15) is 0 Å². The first-order valence-corrected chi connectivity index (χ1v) is 8.13. The number of carbonyl (C=O) groups excluding carboxylic acids is 1. The van der Waals surface area contributed by atoms with E-state index in [1.165, 1.54) is 0 Å². The molecule has 0 amide bonds. The molecular weight excluding hydrogens is 306 g/mol. The van der Waals surface area contributed by atoms with E-state index >= 15 is 0 Å². The van der Waals surface area contributed by atoms with Gasteiger partial charge in [0.2, 0.25) is 5.65 Å². The molecule has 0 unspecified atom stereocenters. The number of rotatable bonds is 4. The maximum Gasteiger partial charge on any atom is 0.358 e. The Hall–Kier alpha value is -2.63. The number of nitrogens with one attached hydrogen (secondary N) is 1. The van der Waals surface area contributed by atoms with Gasteiger partial charge in [0, 0.05) is 0 Å². The van der Waals surface area contributed by atoms with Gasteiger partial charge in [-0.3, -0.25) is 9.20 Å². The molecule has 0 fully saturated rings. The average Bonchev–Trinajstić information content (AvgIpc) is 2.85. The molecule has 2 aromatic heterocycles. The number of aryl methyl sites for hydroxylation is 1. The summed E-state index contributed by atoms with van der Waals surface area (Å²) in [6.07, 6.45) is 0.937. The number of aromatic nitrogens is 3. The molecule has 0 saturated carbocycles. The van der Waals surface area contributed by atoms with Crippen molar-refractivity contribution in [1.82, 2.24) is 14.4 Å². The zero-order valence-electron chi connectivity index (χ0n) is 14.3. The van der Waals surface area contributed by atoms with Crippen LogP contribution in [0.25, 0.3) is 16.7 Å². The third-order valence-electron chi connectivity index (χ3n) is 3.97. The summed E-state index contributed by atoms with van der Waals surface area (Å²) in [5.74, 6) is 0.0194. The lowest BCUT2D eigenvalue weighted by Crippen LogP contribution is -2.11. The molecule has 0 bridgehead atoms. The van der Waals surface area contributed by atoms with Crippen molar-refractivity contribution in [3.05, 3.63) is 45.5 Å². The number of H-pyrrole nitrogens is 1. The summed E-state index contributed by atoms with van der Waals surface area (Å²) in [6.45, 7) is 8.08. The number of benzene rings is 1. The molecule has 6 heteroatoms. The molecule has 0 atom stereocenters. The van der Waals surface area contributed by atoms with Crippen LogP contribution in [0.1, 0.15) is 42.5 Å². The standard InChI is InChI=1S/C18H21N3O3/c1-5-24-18(23)15-11(4)21-14-7-6-12(8-10(2)3)9-13(14)19-17(22)16(21)20-15/h6-7,9-10H,5,8H2,1-4H3,(H,19,22). The van der Waals surface area contributed by atoms with Gasteiger partial charge in [0.15, 0.2) is 5.69 Å². The molecule has 0 aliphatic heterocycles. The molecule has 3 rings (SSSR count). The molecule has 0 spiro atoms. The lowest BCUT2D eigenvalue weighted by Gasteiger charge is -2.08. The topological polar surface area (TPSA) is 76.5 Å². The van der Waals surface area contributed by atoms with Crippen LogP contribution in [-0.4, -0.2) is 26.9 Å². The minimum absolute atomic E-state index is 0.182. The number of hydrogen-bond acceptors (Lipinski definition) is 4. The van der Waals surface area contributed by atoms with Crippen molar-refractivity contribution in [3.63, 3.8) is 0 Å². The first-order valence-electron chi connectivity index (χ1n) is 8.13. The van der Waals surface area contributed by atoms with Crippen molar-refractivity contribution < 1.29 is 9.53 Å². The number of aromatic amines is 1. The number of hydrogen-bond donors (Lipinski definition) is 1. The van der Waals surface area contributed by atoms with Crippen LogP contribution in [-0.2, 0) is 11.2 Å². The second-order valence-corrected chi connectivity index (χ2v) is 6.33. The van der Waals surface area contributed by atoms with E-state index in [0.717, 1.165) is 23.0 Å². The molecule has 1 N–H and O–H groups in total. The van der Waals surface area contributed by atoms with Gasteiger partial charge in [0.05, 0.1) is 23.3 Å². The first-order chi connectivity index (χ1) is 11.4.